The third kappa shape index (κ3) is 2.17. The molecule has 3 rings (SSSR count). The molecular formula is C16H10F6O4. The Morgan fingerprint density at radius 1 is 0.538 bits per heavy atom. The van der Waals surface area contributed by atoms with E-state index in [0.29, 0.717) is 0 Å². The first kappa shape index (κ1) is 18.0. The normalized spacial score (nSPS) is 21.5. The molecule has 1 fully saturated rings. The molecule has 0 aromatic heterocycles. The number of aromatic hydroxyl groups is 2. The topological polar surface area (TPSA) is 58.9 Å². The molecule has 2 aromatic rings. The lowest BCUT2D eigenvalue weighted by Crippen LogP contribution is -2.90. The summed E-state index contributed by atoms with van der Waals surface area (Å²) in [4.78, 5) is 0. The Morgan fingerprint density at radius 3 is 1.15 bits per heavy atom. The SMILES string of the molecule is Oc1ccc(OC2(Oc3ccc(O)cc3)C(F)(F)C(F)(F)C2(F)F)cc1. The van der Waals surface area contributed by atoms with Crippen molar-refractivity contribution < 1.29 is 46.0 Å². The second kappa shape index (κ2) is 5.36. The Balaban J connectivity index is 2.07. The van der Waals surface area contributed by atoms with Crippen LogP contribution in [0.15, 0.2) is 48.5 Å². The standard InChI is InChI=1S/C16H10F6O4/c17-13(18)14(19,20)16(15(13,21)22,25-11-5-1-9(23)2-6-11)26-12-7-3-10(24)4-8-12/h1-8,23-24H. The lowest BCUT2D eigenvalue weighted by atomic mass is 9.76. The molecule has 0 atom stereocenters. The molecule has 0 unspecified atom stereocenters. The highest BCUT2D eigenvalue weighted by molar-refractivity contribution is 5.37. The van der Waals surface area contributed by atoms with Crippen molar-refractivity contribution in [1.29, 1.82) is 0 Å². The Labute approximate surface area is 142 Å². The largest absolute Gasteiger partial charge is 0.508 e. The van der Waals surface area contributed by atoms with Crippen LogP contribution in [-0.2, 0) is 0 Å². The molecule has 140 valence electrons. The van der Waals surface area contributed by atoms with E-state index in [4.69, 9.17) is 10.2 Å². The van der Waals surface area contributed by atoms with Crippen LogP contribution >= 0.6 is 0 Å². The van der Waals surface area contributed by atoms with Gasteiger partial charge in [-0.3, -0.25) is 0 Å². The highest BCUT2D eigenvalue weighted by atomic mass is 19.4. The first-order chi connectivity index (χ1) is 11.9. The van der Waals surface area contributed by atoms with Gasteiger partial charge in [-0.15, -0.1) is 0 Å². The second-order valence-corrected chi connectivity index (χ2v) is 5.53. The number of benzene rings is 2. The van der Waals surface area contributed by atoms with E-state index in [-0.39, 0.29) is 11.5 Å². The van der Waals surface area contributed by atoms with Gasteiger partial charge in [0, 0.05) is 0 Å². The van der Waals surface area contributed by atoms with Crippen LogP contribution in [0.5, 0.6) is 23.0 Å². The van der Waals surface area contributed by atoms with Crippen molar-refractivity contribution >= 4 is 0 Å². The number of phenolic OH excluding ortho intramolecular Hbond substituents is 2. The lowest BCUT2D eigenvalue weighted by Gasteiger charge is -2.56. The summed E-state index contributed by atoms with van der Waals surface area (Å²) in [6.45, 7) is 0. The number of hydrogen-bond donors (Lipinski definition) is 2. The molecular weight excluding hydrogens is 370 g/mol. The van der Waals surface area contributed by atoms with Crippen molar-refractivity contribution in [3.63, 3.8) is 0 Å². The average Bonchev–Trinajstić information content (AvgIpc) is 2.57. The van der Waals surface area contributed by atoms with Gasteiger partial charge < -0.3 is 19.7 Å². The van der Waals surface area contributed by atoms with Gasteiger partial charge in [-0.2, -0.15) is 26.3 Å². The molecule has 0 aliphatic heterocycles. The zero-order chi connectivity index (χ0) is 19.4. The Kier molecular flexibility index (Phi) is 3.71. The molecule has 10 heteroatoms. The predicted octanol–water partition coefficient (Wildman–Crippen LogP) is 4.17. The van der Waals surface area contributed by atoms with Gasteiger partial charge in [0.05, 0.1) is 0 Å². The number of hydrogen-bond acceptors (Lipinski definition) is 4. The van der Waals surface area contributed by atoms with E-state index in [1.54, 1.807) is 0 Å². The fourth-order valence-electron chi connectivity index (χ4n) is 2.38. The van der Waals surface area contributed by atoms with Crippen LogP contribution in [0.3, 0.4) is 0 Å². The fraction of sp³-hybridized carbons (Fsp3) is 0.250. The number of halogens is 6. The van der Waals surface area contributed by atoms with E-state index >= 15 is 0 Å². The molecule has 2 aromatic carbocycles. The third-order valence-electron chi connectivity index (χ3n) is 3.81. The average molecular weight is 380 g/mol. The maximum absolute atomic E-state index is 14.1. The van der Waals surface area contributed by atoms with Gasteiger partial charge in [-0.05, 0) is 48.5 Å². The van der Waals surface area contributed by atoms with Crippen LogP contribution in [0.1, 0.15) is 0 Å². The van der Waals surface area contributed by atoms with Crippen LogP contribution in [0.25, 0.3) is 0 Å². The van der Waals surface area contributed by atoms with Gasteiger partial charge in [-0.25, -0.2) is 0 Å². The monoisotopic (exact) mass is 380 g/mol. The molecule has 0 heterocycles. The minimum atomic E-state index is -5.71. The highest BCUT2D eigenvalue weighted by Crippen LogP contribution is 2.68. The van der Waals surface area contributed by atoms with Crippen molar-refractivity contribution in [2.45, 2.75) is 23.6 Å². The van der Waals surface area contributed by atoms with Crippen LogP contribution in [-0.4, -0.2) is 33.8 Å². The Hall–Kier alpha value is -2.78. The predicted molar refractivity (Wildman–Crippen MR) is 75.0 cm³/mol. The maximum atomic E-state index is 14.1. The van der Waals surface area contributed by atoms with Gasteiger partial charge in [-0.1, -0.05) is 0 Å². The zero-order valence-electron chi connectivity index (χ0n) is 12.6. The molecule has 1 aliphatic rings. The number of alkyl halides is 6. The molecule has 0 amide bonds. The molecule has 1 aliphatic carbocycles. The summed E-state index contributed by atoms with van der Waals surface area (Å²) in [7, 11) is 0. The smallest absolute Gasteiger partial charge is 0.398 e. The maximum Gasteiger partial charge on any atom is 0.398 e. The molecule has 0 saturated heterocycles. The van der Waals surface area contributed by atoms with Crippen molar-refractivity contribution in [3.05, 3.63) is 48.5 Å². The summed E-state index contributed by atoms with van der Waals surface area (Å²) < 4.78 is 92.1. The fourth-order valence-corrected chi connectivity index (χ4v) is 2.38. The van der Waals surface area contributed by atoms with Crippen molar-refractivity contribution in [2.75, 3.05) is 0 Å². The summed E-state index contributed by atoms with van der Waals surface area (Å²) in [5, 5.41) is 18.3. The minimum Gasteiger partial charge on any atom is -0.508 e. The van der Waals surface area contributed by atoms with E-state index in [1.165, 1.54) is 0 Å². The van der Waals surface area contributed by atoms with Crippen LogP contribution in [0, 0.1) is 0 Å². The van der Waals surface area contributed by atoms with E-state index < -0.39 is 35.1 Å². The summed E-state index contributed by atoms with van der Waals surface area (Å²) in [6, 6.07) is 7.04. The Bertz CT molecular complexity index is 737. The zero-order valence-corrected chi connectivity index (χ0v) is 12.6. The molecule has 0 bridgehead atoms. The molecule has 0 radical (unpaired) electrons. The Morgan fingerprint density at radius 2 is 0.846 bits per heavy atom. The lowest BCUT2D eigenvalue weighted by molar-refractivity contribution is -0.527. The van der Waals surface area contributed by atoms with Crippen molar-refractivity contribution in [2.24, 2.45) is 0 Å². The van der Waals surface area contributed by atoms with Crippen LogP contribution < -0.4 is 9.47 Å². The van der Waals surface area contributed by atoms with E-state index in [2.05, 4.69) is 9.47 Å². The number of rotatable bonds is 4. The minimum absolute atomic E-state index is 0.330. The molecule has 26 heavy (non-hydrogen) atoms. The number of phenols is 2. The summed E-state index contributed by atoms with van der Waals surface area (Å²) in [6.07, 6.45) is 0. The molecule has 0 spiro atoms. The van der Waals surface area contributed by atoms with Crippen molar-refractivity contribution in [3.8, 4) is 23.0 Å². The van der Waals surface area contributed by atoms with E-state index in [9.17, 15) is 26.3 Å². The molecule has 1 saturated carbocycles. The first-order valence-corrected chi connectivity index (χ1v) is 7.04. The first-order valence-electron chi connectivity index (χ1n) is 7.04. The van der Waals surface area contributed by atoms with E-state index in [0.717, 1.165) is 48.5 Å². The summed E-state index contributed by atoms with van der Waals surface area (Å²) >= 11 is 0. The van der Waals surface area contributed by atoms with Gasteiger partial charge in [0.15, 0.2) is 0 Å². The molecule has 4 nitrogen and oxygen atoms in total. The van der Waals surface area contributed by atoms with Gasteiger partial charge in [0.2, 0.25) is 0 Å². The summed E-state index contributed by atoms with van der Waals surface area (Å²) in [5.74, 6) is -22.8. The highest BCUT2D eigenvalue weighted by Gasteiger charge is 3.03. The quantitative estimate of drug-likeness (QED) is 0.618. The van der Waals surface area contributed by atoms with Gasteiger partial charge >= 0.3 is 23.6 Å². The van der Waals surface area contributed by atoms with Crippen LogP contribution in [0.2, 0.25) is 0 Å². The van der Waals surface area contributed by atoms with Crippen LogP contribution in [0.4, 0.5) is 26.3 Å². The van der Waals surface area contributed by atoms with Gasteiger partial charge in [0.1, 0.15) is 23.0 Å². The van der Waals surface area contributed by atoms with Crippen molar-refractivity contribution in [1.82, 2.24) is 0 Å². The third-order valence-corrected chi connectivity index (χ3v) is 3.81. The molecule has 2 N–H and O–H groups in total. The number of ether oxygens (including phenoxy) is 2. The summed E-state index contributed by atoms with van der Waals surface area (Å²) in [5.41, 5.74) is 0. The van der Waals surface area contributed by atoms with E-state index in [1.807, 2.05) is 0 Å². The second-order valence-electron chi connectivity index (χ2n) is 5.53. The van der Waals surface area contributed by atoms with Gasteiger partial charge in [0.25, 0.3) is 0 Å².